The molecular formula is C6HBr2ClO2. The molecular weight excluding hydrogens is 299 g/mol. The largest absolute Gasteiger partial charge is 0.288 e. The normalized spacial score (nSPS) is 19.0. The zero-order valence-corrected chi connectivity index (χ0v) is 8.96. The minimum absolute atomic E-state index is 0.0711. The molecule has 11 heavy (non-hydrogen) atoms. The first-order chi connectivity index (χ1) is 5.04. The van der Waals surface area contributed by atoms with Gasteiger partial charge in [0.1, 0.15) is 5.03 Å². The van der Waals surface area contributed by atoms with E-state index in [-0.39, 0.29) is 25.6 Å². The number of Topliss-reactive ketones (excluding diaryl/α,β-unsaturated/α-hetero) is 1. The lowest BCUT2D eigenvalue weighted by Crippen LogP contribution is -2.10. The van der Waals surface area contributed by atoms with Gasteiger partial charge in [0.25, 0.3) is 0 Å². The molecule has 0 amide bonds. The van der Waals surface area contributed by atoms with Crippen molar-refractivity contribution >= 4 is 55.0 Å². The lowest BCUT2D eigenvalue weighted by Gasteiger charge is -2.05. The molecule has 5 heteroatoms. The highest BCUT2D eigenvalue weighted by Crippen LogP contribution is 2.28. The fourth-order valence-corrected chi connectivity index (χ4v) is 1.78. The first-order valence-corrected chi connectivity index (χ1v) is 4.52. The summed E-state index contributed by atoms with van der Waals surface area (Å²) in [6, 6.07) is 0. The maximum atomic E-state index is 11.0. The third-order valence-electron chi connectivity index (χ3n) is 1.08. The van der Waals surface area contributed by atoms with Crippen molar-refractivity contribution in [2.24, 2.45) is 0 Å². The summed E-state index contributed by atoms with van der Waals surface area (Å²) in [6.45, 7) is 0. The predicted octanol–water partition coefficient (Wildman–Crippen LogP) is 2.26. The van der Waals surface area contributed by atoms with Gasteiger partial charge in [-0.2, -0.15) is 0 Å². The van der Waals surface area contributed by atoms with Crippen molar-refractivity contribution < 1.29 is 9.59 Å². The van der Waals surface area contributed by atoms with Crippen molar-refractivity contribution in [2.45, 2.75) is 0 Å². The minimum Gasteiger partial charge on any atom is -0.288 e. The molecule has 0 aromatic heterocycles. The highest BCUT2D eigenvalue weighted by atomic mass is 79.9. The van der Waals surface area contributed by atoms with Crippen LogP contribution >= 0.6 is 43.5 Å². The molecule has 2 nitrogen and oxygen atoms in total. The summed E-state index contributed by atoms with van der Waals surface area (Å²) >= 11 is 11.3. The molecule has 1 aliphatic rings. The number of rotatable bonds is 0. The van der Waals surface area contributed by atoms with Gasteiger partial charge in [-0.3, -0.25) is 9.59 Å². The Balaban J connectivity index is 3.19. The first-order valence-electron chi connectivity index (χ1n) is 2.55. The van der Waals surface area contributed by atoms with Gasteiger partial charge < -0.3 is 0 Å². The Hall–Kier alpha value is 0.0700. The quantitative estimate of drug-likeness (QED) is 0.643. The molecule has 0 fully saturated rings. The van der Waals surface area contributed by atoms with Crippen molar-refractivity contribution in [2.75, 3.05) is 0 Å². The van der Waals surface area contributed by atoms with Crippen molar-refractivity contribution in [1.29, 1.82) is 0 Å². The number of ketones is 2. The SMILES string of the molecule is O=C1C=C(Br)C(=O)C(Br)=C1Cl. The molecule has 0 bridgehead atoms. The molecule has 0 spiro atoms. The van der Waals surface area contributed by atoms with E-state index in [2.05, 4.69) is 31.9 Å². The number of halogens is 3. The van der Waals surface area contributed by atoms with Crippen LogP contribution < -0.4 is 0 Å². The summed E-state index contributed by atoms with van der Waals surface area (Å²) in [6.07, 6.45) is 1.15. The zero-order valence-electron chi connectivity index (χ0n) is 5.03. The van der Waals surface area contributed by atoms with E-state index in [1.165, 1.54) is 0 Å². The monoisotopic (exact) mass is 298 g/mol. The number of hydrogen-bond donors (Lipinski definition) is 0. The van der Waals surface area contributed by atoms with Crippen molar-refractivity contribution in [3.8, 4) is 0 Å². The van der Waals surface area contributed by atoms with Gasteiger partial charge in [-0.25, -0.2) is 0 Å². The second-order valence-corrected chi connectivity index (χ2v) is 3.84. The number of allylic oxidation sites excluding steroid dienone is 4. The van der Waals surface area contributed by atoms with Gasteiger partial charge in [-0.15, -0.1) is 0 Å². The molecule has 0 saturated carbocycles. The first kappa shape index (κ1) is 9.16. The zero-order chi connectivity index (χ0) is 8.59. The highest BCUT2D eigenvalue weighted by Gasteiger charge is 2.23. The summed E-state index contributed by atoms with van der Waals surface area (Å²) in [5.74, 6) is -0.681. The Morgan fingerprint density at radius 3 is 2.36 bits per heavy atom. The second-order valence-electron chi connectivity index (χ2n) is 1.81. The third kappa shape index (κ3) is 1.63. The average Bonchev–Trinajstić information content (AvgIpc) is 1.97. The molecule has 0 N–H and O–H groups in total. The van der Waals surface area contributed by atoms with Crippen LogP contribution in [0.25, 0.3) is 0 Å². The molecule has 58 valence electrons. The van der Waals surface area contributed by atoms with Crippen LogP contribution in [0.1, 0.15) is 0 Å². The van der Waals surface area contributed by atoms with Crippen molar-refractivity contribution in [3.05, 3.63) is 20.1 Å². The van der Waals surface area contributed by atoms with Crippen LogP contribution in [0.2, 0.25) is 0 Å². The minimum atomic E-state index is -0.370. The predicted molar refractivity (Wildman–Crippen MR) is 48.8 cm³/mol. The van der Waals surface area contributed by atoms with E-state index in [1.807, 2.05) is 0 Å². The van der Waals surface area contributed by atoms with Gasteiger partial charge in [-0.1, -0.05) is 11.6 Å². The summed E-state index contributed by atoms with van der Waals surface area (Å²) in [5, 5.41) is -0.0711. The van der Waals surface area contributed by atoms with Gasteiger partial charge in [0.2, 0.25) is 5.78 Å². The number of hydrogen-bond acceptors (Lipinski definition) is 2. The summed E-state index contributed by atoms with van der Waals surface area (Å²) in [4.78, 5) is 21.9. The van der Waals surface area contributed by atoms with Crippen LogP contribution in [-0.2, 0) is 9.59 Å². The Morgan fingerprint density at radius 1 is 1.27 bits per heavy atom. The van der Waals surface area contributed by atoms with Crippen LogP contribution in [-0.4, -0.2) is 11.6 Å². The molecule has 1 rings (SSSR count). The summed E-state index contributed by atoms with van der Waals surface area (Å²) in [7, 11) is 0. The van der Waals surface area contributed by atoms with E-state index in [9.17, 15) is 9.59 Å². The van der Waals surface area contributed by atoms with Crippen molar-refractivity contribution in [3.63, 3.8) is 0 Å². The van der Waals surface area contributed by atoms with E-state index in [1.54, 1.807) is 0 Å². The number of carbonyl (C=O) groups is 2. The fraction of sp³-hybridized carbons (Fsp3) is 0. The van der Waals surface area contributed by atoms with Gasteiger partial charge in [0.05, 0.1) is 8.96 Å². The van der Waals surface area contributed by atoms with Crippen LogP contribution in [0.3, 0.4) is 0 Å². The number of carbonyl (C=O) groups excluding carboxylic acids is 2. The Morgan fingerprint density at radius 2 is 1.82 bits per heavy atom. The Labute approximate surface area is 84.5 Å². The maximum absolute atomic E-state index is 11.0. The average molecular weight is 300 g/mol. The third-order valence-corrected chi connectivity index (χ3v) is 3.03. The molecule has 0 unspecified atom stereocenters. The molecule has 0 saturated heterocycles. The topological polar surface area (TPSA) is 34.1 Å². The van der Waals surface area contributed by atoms with Crippen LogP contribution in [0.15, 0.2) is 20.1 Å². The van der Waals surface area contributed by atoms with Crippen LogP contribution in [0.4, 0.5) is 0 Å². The summed E-state index contributed by atoms with van der Waals surface area (Å²) < 4.78 is 0.331. The Kier molecular flexibility index (Phi) is 2.67. The van der Waals surface area contributed by atoms with E-state index < -0.39 is 0 Å². The maximum Gasteiger partial charge on any atom is 0.208 e. The van der Waals surface area contributed by atoms with E-state index in [0.717, 1.165) is 6.08 Å². The second kappa shape index (κ2) is 3.21. The van der Waals surface area contributed by atoms with E-state index in [0.29, 0.717) is 0 Å². The smallest absolute Gasteiger partial charge is 0.208 e. The molecule has 1 aliphatic carbocycles. The fourth-order valence-electron chi connectivity index (χ4n) is 0.557. The molecule has 0 aromatic rings. The Bertz CT molecular complexity index is 304. The van der Waals surface area contributed by atoms with Crippen LogP contribution in [0, 0.1) is 0 Å². The van der Waals surface area contributed by atoms with E-state index >= 15 is 0 Å². The summed E-state index contributed by atoms with van der Waals surface area (Å²) in [5.41, 5.74) is 0. The highest BCUT2D eigenvalue weighted by molar-refractivity contribution is 9.13. The van der Waals surface area contributed by atoms with Gasteiger partial charge >= 0.3 is 0 Å². The lowest BCUT2D eigenvalue weighted by molar-refractivity contribution is -0.114. The molecule has 0 radical (unpaired) electrons. The standard InChI is InChI=1S/C6HBr2ClO2/c7-2-1-3(10)5(9)4(8)6(2)11/h1H. The van der Waals surface area contributed by atoms with Crippen molar-refractivity contribution in [1.82, 2.24) is 0 Å². The molecule has 0 heterocycles. The van der Waals surface area contributed by atoms with Gasteiger partial charge in [-0.05, 0) is 31.9 Å². The van der Waals surface area contributed by atoms with Gasteiger partial charge in [0, 0.05) is 6.08 Å². The van der Waals surface area contributed by atoms with Gasteiger partial charge in [0.15, 0.2) is 5.78 Å². The van der Waals surface area contributed by atoms with Crippen LogP contribution in [0.5, 0.6) is 0 Å². The molecule has 0 aromatic carbocycles. The molecule has 0 aliphatic heterocycles. The lowest BCUT2D eigenvalue weighted by atomic mass is 10.2. The van der Waals surface area contributed by atoms with E-state index in [4.69, 9.17) is 11.6 Å². The molecule has 0 atom stereocenters.